The zero-order valence-corrected chi connectivity index (χ0v) is 16.1. The molecule has 2 heterocycles. The summed E-state index contributed by atoms with van der Waals surface area (Å²) in [6, 6.07) is 6.47. The smallest absolute Gasteiger partial charge is 0.387 e. The number of pyridine rings is 1. The van der Waals surface area contributed by atoms with Gasteiger partial charge < -0.3 is 11.1 Å². The molecular formula is C18H15BrF4N4O. The molecule has 1 aromatic carbocycles. The first-order chi connectivity index (χ1) is 13.0. The van der Waals surface area contributed by atoms with Gasteiger partial charge in [0.25, 0.3) is 5.91 Å². The maximum Gasteiger partial charge on any atom is 0.394 e. The molecule has 2 aromatic rings. The molecule has 0 bridgehead atoms. The predicted molar refractivity (Wildman–Crippen MR) is 99.4 cm³/mol. The van der Waals surface area contributed by atoms with Gasteiger partial charge in [0.2, 0.25) is 0 Å². The molecule has 10 heteroatoms. The summed E-state index contributed by atoms with van der Waals surface area (Å²) < 4.78 is 55.6. The minimum Gasteiger partial charge on any atom is -0.387 e. The summed E-state index contributed by atoms with van der Waals surface area (Å²) in [5, 5.41) is 2.51. The fraction of sp³-hybridized carbons (Fsp3) is 0.278. The van der Waals surface area contributed by atoms with Gasteiger partial charge in [0, 0.05) is 28.3 Å². The van der Waals surface area contributed by atoms with Crippen molar-refractivity contribution in [2.24, 2.45) is 16.6 Å². The van der Waals surface area contributed by atoms with Crippen molar-refractivity contribution in [2.75, 3.05) is 5.32 Å². The van der Waals surface area contributed by atoms with Gasteiger partial charge in [0.15, 0.2) is 0 Å². The predicted octanol–water partition coefficient (Wildman–Crippen LogP) is 4.39. The van der Waals surface area contributed by atoms with Crippen LogP contribution in [0.3, 0.4) is 0 Å². The Morgan fingerprint density at radius 1 is 1.32 bits per heavy atom. The highest BCUT2D eigenvalue weighted by Gasteiger charge is 2.56. The third-order valence-corrected chi connectivity index (χ3v) is 5.06. The number of alkyl halides is 3. The molecule has 5 nitrogen and oxygen atoms in total. The molecule has 0 radical (unpaired) electrons. The van der Waals surface area contributed by atoms with Gasteiger partial charge in [0.05, 0.1) is 17.3 Å². The summed E-state index contributed by atoms with van der Waals surface area (Å²) in [5.41, 5.74) is 3.53. The van der Waals surface area contributed by atoms with E-state index in [2.05, 4.69) is 31.2 Å². The van der Waals surface area contributed by atoms with Crippen LogP contribution >= 0.6 is 15.9 Å². The zero-order chi connectivity index (χ0) is 20.7. The molecule has 3 N–H and O–H groups in total. The van der Waals surface area contributed by atoms with Crippen LogP contribution in [0.5, 0.6) is 0 Å². The quantitative estimate of drug-likeness (QED) is 0.669. The summed E-state index contributed by atoms with van der Waals surface area (Å²) in [7, 11) is 0. The van der Waals surface area contributed by atoms with Gasteiger partial charge in [-0.25, -0.2) is 9.37 Å². The van der Waals surface area contributed by atoms with Gasteiger partial charge >= 0.3 is 6.18 Å². The Labute approximate surface area is 166 Å². The lowest BCUT2D eigenvalue weighted by Gasteiger charge is -2.31. The van der Waals surface area contributed by atoms with E-state index in [0.29, 0.717) is 4.47 Å². The molecule has 0 spiro atoms. The van der Waals surface area contributed by atoms with Crippen molar-refractivity contribution in [3.05, 3.63) is 58.1 Å². The number of aromatic nitrogens is 1. The van der Waals surface area contributed by atoms with Gasteiger partial charge in [0.1, 0.15) is 11.5 Å². The van der Waals surface area contributed by atoms with E-state index in [1.54, 1.807) is 6.07 Å². The highest BCUT2D eigenvalue weighted by atomic mass is 79.9. The van der Waals surface area contributed by atoms with Crippen LogP contribution in [-0.2, 0) is 5.54 Å². The van der Waals surface area contributed by atoms with Gasteiger partial charge in [-0.3, -0.25) is 9.79 Å². The number of amides is 1. The van der Waals surface area contributed by atoms with E-state index in [1.807, 2.05) is 0 Å². The molecule has 1 aliphatic heterocycles. The maximum absolute atomic E-state index is 14.5. The molecular weight excluding hydrogens is 444 g/mol. The van der Waals surface area contributed by atoms with Crippen LogP contribution < -0.4 is 11.1 Å². The van der Waals surface area contributed by atoms with Crippen LogP contribution in [0.15, 0.2) is 46.0 Å². The molecule has 28 heavy (non-hydrogen) atoms. The largest absolute Gasteiger partial charge is 0.394 e. The van der Waals surface area contributed by atoms with E-state index in [9.17, 15) is 22.4 Å². The Hall–Kier alpha value is -2.49. The summed E-state index contributed by atoms with van der Waals surface area (Å²) in [4.78, 5) is 20.1. The Morgan fingerprint density at radius 3 is 2.64 bits per heavy atom. The molecule has 1 aromatic heterocycles. The maximum atomic E-state index is 14.5. The van der Waals surface area contributed by atoms with E-state index in [-0.39, 0.29) is 22.8 Å². The number of rotatable bonds is 3. The third-order valence-electron chi connectivity index (χ3n) is 4.59. The average Bonchev–Trinajstić information content (AvgIpc) is 2.93. The molecule has 1 aliphatic rings. The summed E-state index contributed by atoms with van der Waals surface area (Å²) >= 11 is 3.20. The van der Waals surface area contributed by atoms with Crippen molar-refractivity contribution >= 4 is 33.4 Å². The lowest BCUT2D eigenvalue weighted by atomic mass is 9.79. The minimum absolute atomic E-state index is 0.0941. The number of benzene rings is 1. The second-order valence-corrected chi connectivity index (χ2v) is 7.48. The summed E-state index contributed by atoms with van der Waals surface area (Å²) in [6.45, 7) is 1.19. The number of nitrogens with one attached hydrogen (secondary N) is 1. The van der Waals surface area contributed by atoms with Gasteiger partial charge in [-0.05, 0) is 53.2 Å². The van der Waals surface area contributed by atoms with Crippen molar-refractivity contribution in [1.82, 2.24) is 4.98 Å². The van der Waals surface area contributed by atoms with Crippen LogP contribution in [-0.4, -0.2) is 22.9 Å². The molecule has 0 aliphatic carbocycles. The number of aliphatic imine (C=N–C) groups is 1. The Kier molecular flexibility index (Phi) is 5.18. The number of hydrogen-bond acceptors (Lipinski definition) is 4. The number of hydrogen-bond donors (Lipinski definition) is 2. The molecule has 148 valence electrons. The van der Waals surface area contributed by atoms with E-state index in [4.69, 9.17) is 5.73 Å². The third kappa shape index (κ3) is 3.87. The van der Waals surface area contributed by atoms with Crippen molar-refractivity contribution in [3.8, 4) is 0 Å². The number of nitrogens with two attached hydrogens (primary N) is 1. The zero-order valence-electron chi connectivity index (χ0n) is 14.5. The Balaban J connectivity index is 1.95. The van der Waals surface area contributed by atoms with Crippen LogP contribution in [0.2, 0.25) is 0 Å². The molecule has 1 amide bonds. The first-order valence-corrected chi connectivity index (χ1v) is 8.94. The lowest BCUT2D eigenvalue weighted by Crippen LogP contribution is -2.38. The number of carbonyl (C=O) groups excluding carboxylic acids is 1. The van der Waals surface area contributed by atoms with Gasteiger partial charge in [-0.15, -0.1) is 0 Å². The topological polar surface area (TPSA) is 80.4 Å². The van der Waals surface area contributed by atoms with E-state index in [0.717, 1.165) is 12.1 Å². The number of carbonyl (C=O) groups is 1. The number of nitrogens with zero attached hydrogens (tertiary/aromatic N) is 2. The molecule has 3 rings (SSSR count). The number of amidine groups is 1. The highest BCUT2D eigenvalue weighted by molar-refractivity contribution is 9.10. The second-order valence-electron chi connectivity index (χ2n) is 6.56. The molecule has 0 fully saturated rings. The van der Waals surface area contributed by atoms with Crippen LogP contribution in [0, 0.1) is 11.7 Å². The van der Waals surface area contributed by atoms with Crippen LogP contribution in [0.25, 0.3) is 0 Å². The first-order valence-electron chi connectivity index (χ1n) is 8.14. The van der Waals surface area contributed by atoms with Crippen LogP contribution in [0.1, 0.15) is 29.4 Å². The van der Waals surface area contributed by atoms with Gasteiger partial charge in [-0.2, -0.15) is 13.2 Å². The van der Waals surface area contributed by atoms with Crippen molar-refractivity contribution in [3.63, 3.8) is 0 Å². The van der Waals surface area contributed by atoms with Crippen molar-refractivity contribution in [2.45, 2.75) is 25.1 Å². The van der Waals surface area contributed by atoms with Crippen molar-refractivity contribution < 1.29 is 22.4 Å². The molecule has 2 unspecified atom stereocenters. The molecule has 0 saturated heterocycles. The van der Waals surface area contributed by atoms with E-state index in [1.165, 1.54) is 25.3 Å². The van der Waals surface area contributed by atoms with Gasteiger partial charge in [-0.1, -0.05) is 0 Å². The Bertz CT molecular complexity index is 946. The highest BCUT2D eigenvalue weighted by Crippen LogP contribution is 2.49. The fourth-order valence-corrected chi connectivity index (χ4v) is 3.44. The van der Waals surface area contributed by atoms with Crippen LogP contribution in [0.4, 0.5) is 23.2 Å². The van der Waals surface area contributed by atoms with Crippen molar-refractivity contribution in [1.29, 1.82) is 0 Å². The average molecular weight is 459 g/mol. The fourth-order valence-electron chi connectivity index (χ4n) is 3.21. The number of anilines is 1. The summed E-state index contributed by atoms with van der Waals surface area (Å²) in [6.07, 6.45) is -3.71. The molecule has 2 atom stereocenters. The minimum atomic E-state index is -4.62. The summed E-state index contributed by atoms with van der Waals surface area (Å²) in [5.74, 6) is -3.61. The normalized spacial score (nSPS) is 22.1. The van der Waals surface area contributed by atoms with E-state index >= 15 is 0 Å². The standard InChI is InChI=1S/C18H15BrF4N4O/c1-17(14(18(21,22)23)7-15(24)27-17)11-6-10(3-4-12(11)20)26-16(28)13-5-2-9(19)8-25-13/h2-6,8,14H,7H2,1H3,(H2,24,27)(H,26,28). The SMILES string of the molecule is CC1(c2cc(NC(=O)c3ccc(Br)cn3)ccc2F)N=C(N)CC1C(F)(F)F. The first kappa shape index (κ1) is 20.2. The molecule has 0 saturated carbocycles. The lowest BCUT2D eigenvalue weighted by molar-refractivity contribution is -0.187. The Morgan fingerprint density at radius 2 is 2.04 bits per heavy atom. The van der Waals surface area contributed by atoms with E-state index < -0.39 is 35.8 Å². The monoisotopic (exact) mass is 458 g/mol. The second kappa shape index (κ2) is 7.16. The number of halogens is 5.